The molecule has 0 aliphatic carbocycles. The van der Waals surface area contributed by atoms with Gasteiger partial charge in [0.05, 0.1) is 6.04 Å². The SMILES string of the molecule is N[C@@H](Cc1ccccc1)c1ccc(C(=O)O)o1. The molecule has 0 spiro atoms. The molecule has 3 N–H and O–H groups in total. The van der Waals surface area contributed by atoms with Crippen LogP contribution in [0, 0.1) is 0 Å². The summed E-state index contributed by atoms with van der Waals surface area (Å²) in [6.45, 7) is 0. The van der Waals surface area contributed by atoms with Gasteiger partial charge in [0.2, 0.25) is 5.76 Å². The second-order valence-electron chi connectivity index (χ2n) is 3.80. The number of nitrogens with two attached hydrogens (primary N) is 1. The van der Waals surface area contributed by atoms with Gasteiger partial charge in [0.25, 0.3) is 0 Å². The van der Waals surface area contributed by atoms with Crippen molar-refractivity contribution in [2.45, 2.75) is 12.5 Å². The van der Waals surface area contributed by atoms with Crippen molar-refractivity contribution >= 4 is 5.97 Å². The van der Waals surface area contributed by atoms with Gasteiger partial charge in [0, 0.05) is 0 Å². The lowest BCUT2D eigenvalue weighted by molar-refractivity contribution is 0.0659. The zero-order valence-corrected chi connectivity index (χ0v) is 9.17. The average Bonchev–Trinajstić information content (AvgIpc) is 2.79. The summed E-state index contributed by atoms with van der Waals surface area (Å²) in [5.74, 6) is -0.669. The summed E-state index contributed by atoms with van der Waals surface area (Å²) in [5, 5.41) is 8.74. The van der Waals surface area contributed by atoms with Crippen LogP contribution in [0.3, 0.4) is 0 Å². The Labute approximate surface area is 98.7 Å². The Hall–Kier alpha value is -2.07. The summed E-state index contributed by atoms with van der Waals surface area (Å²) < 4.78 is 5.15. The van der Waals surface area contributed by atoms with Crippen LogP contribution in [-0.2, 0) is 6.42 Å². The molecule has 0 aliphatic heterocycles. The number of hydrogen-bond acceptors (Lipinski definition) is 3. The molecule has 17 heavy (non-hydrogen) atoms. The summed E-state index contributed by atoms with van der Waals surface area (Å²) in [4.78, 5) is 10.7. The third-order valence-electron chi connectivity index (χ3n) is 2.50. The van der Waals surface area contributed by atoms with E-state index in [-0.39, 0.29) is 11.8 Å². The lowest BCUT2D eigenvalue weighted by Crippen LogP contribution is -2.12. The van der Waals surface area contributed by atoms with Gasteiger partial charge in [-0.05, 0) is 24.1 Å². The molecule has 1 aromatic carbocycles. The van der Waals surface area contributed by atoms with Gasteiger partial charge < -0.3 is 15.3 Å². The van der Waals surface area contributed by atoms with Crippen LogP contribution >= 0.6 is 0 Å². The number of hydrogen-bond donors (Lipinski definition) is 2. The molecule has 1 aromatic heterocycles. The highest BCUT2D eigenvalue weighted by Crippen LogP contribution is 2.18. The van der Waals surface area contributed by atoms with E-state index < -0.39 is 5.97 Å². The molecule has 0 fully saturated rings. The minimum absolute atomic E-state index is 0.0801. The summed E-state index contributed by atoms with van der Waals surface area (Å²) in [6, 6.07) is 12.5. The fourth-order valence-corrected chi connectivity index (χ4v) is 1.64. The first-order valence-corrected chi connectivity index (χ1v) is 5.29. The molecule has 0 amide bonds. The largest absolute Gasteiger partial charge is 0.475 e. The number of carbonyl (C=O) groups is 1. The Balaban J connectivity index is 2.09. The Morgan fingerprint density at radius 3 is 2.53 bits per heavy atom. The predicted molar refractivity (Wildman–Crippen MR) is 62.7 cm³/mol. The van der Waals surface area contributed by atoms with Gasteiger partial charge in [-0.3, -0.25) is 0 Å². The summed E-state index contributed by atoms with van der Waals surface area (Å²) in [6.07, 6.45) is 0.618. The first-order valence-electron chi connectivity index (χ1n) is 5.29. The van der Waals surface area contributed by atoms with Crippen LogP contribution in [-0.4, -0.2) is 11.1 Å². The van der Waals surface area contributed by atoms with Gasteiger partial charge in [-0.15, -0.1) is 0 Å². The Kier molecular flexibility index (Phi) is 3.25. The van der Waals surface area contributed by atoms with Crippen molar-refractivity contribution in [3.8, 4) is 0 Å². The van der Waals surface area contributed by atoms with E-state index in [9.17, 15) is 4.79 Å². The van der Waals surface area contributed by atoms with E-state index >= 15 is 0 Å². The molecule has 4 nitrogen and oxygen atoms in total. The van der Waals surface area contributed by atoms with Gasteiger partial charge in [-0.2, -0.15) is 0 Å². The normalized spacial score (nSPS) is 12.3. The van der Waals surface area contributed by atoms with E-state index in [2.05, 4.69) is 0 Å². The molecular weight excluding hydrogens is 218 g/mol. The van der Waals surface area contributed by atoms with Gasteiger partial charge in [0.1, 0.15) is 5.76 Å². The zero-order valence-electron chi connectivity index (χ0n) is 9.17. The molecule has 1 atom stereocenters. The molecule has 4 heteroatoms. The van der Waals surface area contributed by atoms with E-state index in [1.54, 1.807) is 6.07 Å². The highest BCUT2D eigenvalue weighted by Gasteiger charge is 2.14. The number of aromatic carboxylic acids is 1. The van der Waals surface area contributed by atoms with Gasteiger partial charge in [-0.1, -0.05) is 30.3 Å². The smallest absolute Gasteiger partial charge is 0.371 e. The molecule has 0 unspecified atom stereocenters. The lowest BCUT2D eigenvalue weighted by atomic mass is 10.1. The minimum Gasteiger partial charge on any atom is -0.475 e. The van der Waals surface area contributed by atoms with Gasteiger partial charge in [-0.25, -0.2) is 4.79 Å². The van der Waals surface area contributed by atoms with Crippen molar-refractivity contribution in [3.63, 3.8) is 0 Å². The van der Waals surface area contributed by atoms with E-state index in [4.69, 9.17) is 15.3 Å². The molecular formula is C13H13NO3. The van der Waals surface area contributed by atoms with Crippen LogP contribution in [0.15, 0.2) is 46.9 Å². The number of benzene rings is 1. The fraction of sp³-hybridized carbons (Fsp3) is 0.154. The molecule has 0 aliphatic rings. The monoisotopic (exact) mass is 231 g/mol. The molecule has 2 rings (SSSR count). The first kappa shape index (κ1) is 11.4. The molecule has 0 radical (unpaired) electrons. The lowest BCUT2D eigenvalue weighted by Gasteiger charge is -2.08. The van der Waals surface area contributed by atoms with Crippen molar-refractivity contribution in [1.82, 2.24) is 0 Å². The maximum absolute atomic E-state index is 10.7. The maximum atomic E-state index is 10.7. The topological polar surface area (TPSA) is 76.5 Å². The van der Waals surface area contributed by atoms with Crippen LogP contribution < -0.4 is 5.73 Å². The van der Waals surface area contributed by atoms with Crippen LogP contribution in [0.1, 0.15) is 27.9 Å². The number of furan rings is 1. The molecule has 1 heterocycles. The Bertz CT molecular complexity index is 504. The number of carboxylic acid groups (broad SMARTS) is 1. The molecule has 2 aromatic rings. The standard InChI is InChI=1S/C13H13NO3/c14-10(8-9-4-2-1-3-5-9)11-6-7-12(17-11)13(15)16/h1-7,10H,8,14H2,(H,15,16)/t10-/m0/s1. The molecule has 0 bridgehead atoms. The average molecular weight is 231 g/mol. The predicted octanol–water partition coefficient (Wildman–Crippen LogP) is 2.22. The van der Waals surface area contributed by atoms with Crippen LogP contribution in [0.25, 0.3) is 0 Å². The number of carboxylic acids is 1. The second-order valence-corrected chi connectivity index (χ2v) is 3.80. The summed E-state index contributed by atoms with van der Waals surface area (Å²) >= 11 is 0. The Morgan fingerprint density at radius 2 is 1.94 bits per heavy atom. The first-order chi connectivity index (χ1) is 8.16. The van der Waals surface area contributed by atoms with Crippen LogP contribution in [0.2, 0.25) is 0 Å². The van der Waals surface area contributed by atoms with Crippen molar-refractivity contribution < 1.29 is 14.3 Å². The zero-order chi connectivity index (χ0) is 12.3. The highest BCUT2D eigenvalue weighted by atomic mass is 16.4. The Morgan fingerprint density at radius 1 is 1.24 bits per heavy atom. The molecule has 0 saturated heterocycles. The fourth-order valence-electron chi connectivity index (χ4n) is 1.64. The maximum Gasteiger partial charge on any atom is 0.371 e. The van der Waals surface area contributed by atoms with Crippen LogP contribution in [0.4, 0.5) is 0 Å². The van der Waals surface area contributed by atoms with E-state index in [1.807, 2.05) is 30.3 Å². The summed E-state index contributed by atoms with van der Waals surface area (Å²) in [5.41, 5.74) is 7.04. The second kappa shape index (κ2) is 4.84. The molecule has 88 valence electrons. The minimum atomic E-state index is -1.08. The quantitative estimate of drug-likeness (QED) is 0.845. The van der Waals surface area contributed by atoms with E-state index in [0.717, 1.165) is 5.56 Å². The van der Waals surface area contributed by atoms with Crippen molar-refractivity contribution in [3.05, 3.63) is 59.5 Å². The third-order valence-corrected chi connectivity index (χ3v) is 2.50. The van der Waals surface area contributed by atoms with Crippen molar-refractivity contribution in [2.75, 3.05) is 0 Å². The van der Waals surface area contributed by atoms with E-state index in [1.165, 1.54) is 6.07 Å². The highest BCUT2D eigenvalue weighted by molar-refractivity contribution is 5.84. The van der Waals surface area contributed by atoms with E-state index in [0.29, 0.717) is 12.2 Å². The van der Waals surface area contributed by atoms with Gasteiger partial charge >= 0.3 is 5.97 Å². The van der Waals surface area contributed by atoms with Crippen LogP contribution in [0.5, 0.6) is 0 Å². The third kappa shape index (κ3) is 2.73. The number of rotatable bonds is 4. The van der Waals surface area contributed by atoms with Crippen molar-refractivity contribution in [2.24, 2.45) is 5.73 Å². The summed E-state index contributed by atoms with van der Waals surface area (Å²) in [7, 11) is 0. The van der Waals surface area contributed by atoms with Gasteiger partial charge in [0.15, 0.2) is 0 Å². The molecule has 0 saturated carbocycles. The van der Waals surface area contributed by atoms with Crippen molar-refractivity contribution in [1.29, 1.82) is 0 Å².